The lowest BCUT2D eigenvalue weighted by molar-refractivity contribution is -0.154. The van der Waals surface area contributed by atoms with Gasteiger partial charge in [-0.05, 0) is 17.5 Å². The Morgan fingerprint density at radius 1 is 1.06 bits per heavy atom. The van der Waals surface area contributed by atoms with Crippen LogP contribution in [0.1, 0.15) is 36.5 Å². The lowest BCUT2D eigenvalue weighted by atomic mass is 10.0. The van der Waals surface area contributed by atoms with Crippen LogP contribution >= 0.6 is 23.4 Å². The molecule has 188 valence electrons. The van der Waals surface area contributed by atoms with E-state index in [1.807, 2.05) is 60.7 Å². The summed E-state index contributed by atoms with van der Waals surface area (Å²) in [6, 6.07) is 17.8. The van der Waals surface area contributed by atoms with Crippen molar-refractivity contribution in [3.8, 4) is 0 Å². The highest BCUT2D eigenvalue weighted by Crippen LogP contribution is 2.42. The molecule has 0 saturated carbocycles. The van der Waals surface area contributed by atoms with E-state index in [1.165, 1.54) is 23.8 Å². The molecule has 4 rings (SSSR count). The predicted octanol–water partition coefficient (Wildman–Crippen LogP) is 3.51. The number of carbonyl (C=O) groups is 4. The summed E-state index contributed by atoms with van der Waals surface area (Å²) in [7, 11) is 1.29. The molecular formula is C26H25ClN2O6S. The van der Waals surface area contributed by atoms with Crippen molar-refractivity contribution in [3.63, 3.8) is 0 Å². The van der Waals surface area contributed by atoms with Crippen LogP contribution in [0.2, 0.25) is 0 Å². The van der Waals surface area contributed by atoms with Crippen LogP contribution in [-0.2, 0) is 28.7 Å². The van der Waals surface area contributed by atoms with Gasteiger partial charge in [0.1, 0.15) is 17.1 Å². The highest BCUT2D eigenvalue weighted by molar-refractivity contribution is 8.00. The van der Waals surface area contributed by atoms with Crippen LogP contribution in [0.3, 0.4) is 0 Å². The summed E-state index contributed by atoms with van der Waals surface area (Å²) in [5.74, 6) is -1.59. The lowest BCUT2D eigenvalue weighted by Gasteiger charge is -2.49. The Balaban J connectivity index is 1.46. The number of β-lactam (4-membered cyclic amide) rings is 1. The minimum atomic E-state index is -0.785. The van der Waals surface area contributed by atoms with Gasteiger partial charge in [-0.25, -0.2) is 4.79 Å². The zero-order valence-corrected chi connectivity index (χ0v) is 21.1. The van der Waals surface area contributed by atoms with Gasteiger partial charge < -0.3 is 14.8 Å². The fourth-order valence-electron chi connectivity index (χ4n) is 4.06. The third-order valence-electron chi connectivity index (χ3n) is 5.87. The first kappa shape index (κ1) is 25.8. The number of ether oxygens (including phenoxy) is 2. The number of nitrogens with one attached hydrogen (secondary N) is 1. The van der Waals surface area contributed by atoms with Crippen LogP contribution in [0.5, 0.6) is 0 Å². The maximum absolute atomic E-state index is 13.4. The molecule has 2 unspecified atom stereocenters. The van der Waals surface area contributed by atoms with Crippen molar-refractivity contribution in [1.29, 1.82) is 0 Å². The SMILES string of the molecule is COC(=O)CCCC(=O)NC1C(=O)N2C(C(=O)OC(c3ccccc3)c3ccccc3)=C(Cl)CSC12. The summed E-state index contributed by atoms with van der Waals surface area (Å²) in [5.41, 5.74) is 1.56. The summed E-state index contributed by atoms with van der Waals surface area (Å²) in [6.07, 6.45) is -0.181. The fraction of sp³-hybridized carbons (Fsp3) is 0.308. The molecule has 0 radical (unpaired) electrons. The van der Waals surface area contributed by atoms with Crippen molar-refractivity contribution in [2.75, 3.05) is 12.9 Å². The third-order valence-corrected chi connectivity index (χ3v) is 7.62. The van der Waals surface area contributed by atoms with Crippen molar-refractivity contribution in [3.05, 3.63) is 82.5 Å². The molecule has 10 heteroatoms. The fourth-order valence-corrected chi connectivity index (χ4v) is 5.61. The molecule has 36 heavy (non-hydrogen) atoms. The molecule has 1 saturated heterocycles. The summed E-state index contributed by atoms with van der Waals surface area (Å²) in [6.45, 7) is 0. The second-order valence-electron chi connectivity index (χ2n) is 8.24. The Labute approximate surface area is 218 Å². The van der Waals surface area contributed by atoms with E-state index in [4.69, 9.17) is 16.3 Å². The van der Waals surface area contributed by atoms with Gasteiger partial charge in [-0.3, -0.25) is 19.3 Å². The normalized spacial score (nSPS) is 18.9. The Bertz CT molecular complexity index is 1130. The summed E-state index contributed by atoms with van der Waals surface area (Å²) < 4.78 is 10.5. The van der Waals surface area contributed by atoms with Gasteiger partial charge in [-0.2, -0.15) is 0 Å². The summed E-state index contributed by atoms with van der Waals surface area (Å²) in [4.78, 5) is 51.2. The Kier molecular flexibility index (Phi) is 8.32. The molecule has 1 N–H and O–H groups in total. The molecule has 2 aliphatic heterocycles. The molecule has 2 aliphatic rings. The predicted molar refractivity (Wildman–Crippen MR) is 135 cm³/mol. The van der Waals surface area contributed by atoms with Gasteiger partial charge in [0.05, 0.1) is 12.1 Å². The van der Waals surface area contributed by atoms with Crippen LogP contribution in [0.4, 0.5) is 0 Å². The number of amides is 2. The second-order valence-corrected chi connectivity index (χ2v) is 9.81. The number of halogens is 1. The monoisotopic (exact) mass is 528 g/mol. The van der Waals surface area contributed by atoms with Gasteiger partial charge in [0.2, 0.25) is 5.91 Å². The van der Waals surface area contributed by atoms with Gasteiger partial charge in [0.15, 0.2) is 6.10 Å². The number of hydrogen-bond acceptors (Lipinski definition) is 7. The lowest BCUT2D eigenvalue weighted by Crippen LogP contribution is -2.70. The quantitative estimate of drug-likeness (QED) is 0.392. The van der Waals surface area contributed by atoms with Crippen molar-refractivity contribution < 1.29 is 28.7 Å². The minimum Gasteiger partial charge on any atom is -0.469 e. The van der Waals surface area contributed by atoms with Crippen LogP contribution in [-0.4, -0.2) is 52.9 Å². The van der Waals surface area contributed by atoms with Gasteiger partial charge in [0.25, 0.3) is 5.91 Å². The first-order chi connectivity index (χ1) is 17.4. The van der Waals surface area contributed by atoms with E-state index in [0.717, 1.165) is 11.1 Å². The van der Waals surface area contributed by atoms with E-state index in [0.29, 0.717) is 12.2 Å². The first-order valence-corrected chi connectivity index (χ1v) is 12.8. The largest absolute Gasteiger partial charge is 0.469 e. The molecule has 0 bridgehead atoms. The molecule has 0 aromatic heterocycles. The molecule has 0 spiro atoms. The van der Waals surface area contributed by atoms with Gasteiger partial charge >= 0.3 is 11.9 Å². The van der Waals surface area contributed by atoms with Gasteiger partial charge in [-0.15, -0.1) is 11.8 Å². The van der Waals surface area contributed by atoms with Crippen molar-refractivity contribution >= 4 is 47.1 Å². The molecule has 2 amide bonds. The zero-order chi connectivity index (χ0) is 25.7. The molecule has 0 aliphatic carbocycles. The summed E-state index contributed by atoms with van der Waals surface area (Å²) in [5, 5.41) is 2.45. The molecule has 1 fully saturated rings. The molecule has 8 nitrogen and oxygen atoms in total. The standard InChI is InChI=1S/C26H25ClN2O6S/c1-34-20(31)14-8-13-19(30)28-21-24(32)29-22(18(27)15-36-25(21)29)26(33)35-23(16-9-4-2-5-10-16)17-11-6-3-7-12-17/h2-7,9-12,21,23,25H,8,13-15H2,1H3,(H,28,30). The molecule has 2 aromatic rings. The Morgan fingerprint density at radius 3 is 2.25 bits per heavy atom. The third kappa shape index (κ3) is 5.57. The summed E-state index contributed by atoms with van der Waals surface area (Å²) >= 11 is 7.77. The number of esters is 2. The average molecular weight is 529 g/mol. The minimum absolute atomic E-state index is 0.00142. The van der Waals surface area contributed by atoms with Crippen molar-refractivity contribution in [2.45, 2.75) is 36.8 Å². The van der Waals surface area contributed by atoms with Gasteiger partial charge in [-0.1, -0.05) is 72.3 Å². The Hall–Kier alpha value is -3.30. The maximum atomic E-state index is 13.4. The van der Waals surface area contributed by atoms with Crippen molar-refractivity contribution in [1.82, 2.24) is 10.2 Å². The molecule has 2 heterocycles. The number of rotatable bonds is 9. The van der Waals surface area contributed by atoms with E-state index >= 15 is 0 Å². The highest BCUT2D eigenvalue weighted by Gasteiger charge is 2.54. The average Bonchev–Trinajstić information content (AvgIpc) is 2.90. The van der Waals surface area contributed by atoms with E-state index in [1.54, 1.807) is 0 Å². The zero-order valence-electron chi connectivity index (χ0n) is 19.5. The van der Waals surface area contributed by atoms with Crippen LogP contribution in [0, 0.1) is 0 Å². The van der Waals surface area contributed by atoms with E-state index in [-0.39, 0.29) is 29.5 Å². The maximum Gasteiger partial charge on any atom is 0.357 e. The number of nitrogens with zero attached hydrogens (tertiary/aromatic N) is 1. The number of thioether (sulfide) groups is 1. The topological polar surface area (TPSA) is 102 Å². The smallest absolute Gasteiger partial charge is 0.357 e. The number of benzene rings is 2. The first-order valence-electron chi connectivity index (χ1n) is 11.4. The second kappa shape index (κ2) is 11.6. The van der Waals surface area contributed by atoms with Crippen LogP contribution in [0.25, 0.3) is 0 Å². The van der Waals surface area contributed by atoms with E-state index < -0.39 is 35.4 Å². The molecule has 2 atom stereocenters. The van der Waals surface area contributed by atoms with Crippen LogP contribution < -0.4 is 5.32 Å². The van der Waals surface area contributed by atoms with Crippen molar-refractivity contribution in [2.24, 2.45) is 0 Å². The van der Waals surface area contributed by atoms with E-state index in [2.05, 4.69) is 10.1 Å². The van der Waals surface area contributed by atoms with Crippen LogP contribution in [0.15, 0.2) is 71.4 Å². The number of hydrogen-bond donors (Lipinski definition) is 1. The Morgan fingerprint density at radius 2 is 1.67 bits per heavy atom. The van der Waals surface area contributed by atoms with Gasteiger partial charge in [0, 0.05) is 18.6 Å². The van der Waals surface area contributed by atoms with E-state index in [9.17, 15) is 19.2 Å². The molecular weight excluding hydrogens is 504 g/mol. The number of methoxy groups -OCH3 is 1. The molecule has 2 aromatic carbocycles. The highest BCUT2D eigenvalue weighted by atomic mass is 35.5. The number of carbonyl (C=O) groups excluding carboxylic acids is 4. The number of fused-ring (bicyclic) bond motifs is 1.